The highest BCUT2D eigenvalue weighted by Crippen LogP contribution is 2.37. The molecule has 1 heterocycles. The Morgan fingerprint density at radius 1 is 1.32 bits per heavy atom. The van der Waals surface area contributed by atoms with E-state index in [9.17, 15) is 4.79 Å². The number of nitrogens with zero attached hydrogens (tertiary/aromatic N) is 1. The van der Waals surface area contributed by atoms with E-state index in [-0.39, 0.29) is 36.1 Å². The molecule has 1 aromatic rings. The van der Waals surface area contributed by atoms with Gasteiger partial charge in [0.1, 0.15) is 0 Å². The molecule has 0 atom stereocenters. The monoisotopic (exact) mass is 305 g/mol. The number of carbonyl (C=O) groups is 1. The number of nitrogens with one attached hydrogen (secondary N) is 1. The van der Waals surface area contributed by atoms with Gasteiger partial charge in [-0.1, -0.05) is 18.9 Å². The first-order chi connectivity index (χ1) is 8.27. The maximum absolute atomic E-state index is 12.2. The lowest BCUT2D eigenvalue weighted by Crippen LogP contribution is -2.43. The molecule has 1 aromatic heterocycles. The van der Waals surface area contributed by atoms with Crippen molar-refractivity contribution in [1.29, 1.82) is 0 Å². The first kappa shape index (κ1) is 18.2. The molecule has 0 bridgehead atoms. The molecule has 2 rings (SSSR count). The van der Waals surface area contributed by atoms with E-state index in [1.807, 2.05) is 18.2 Å². The second kappa shape index (κ2) is 8.35. The minimum Gasteiger partial charge on any atom is -0.350 e. The third-order valence-corrected chi connectivity index (χ3v) is 3.59. The number of halogens is 2. The van der Waals surface area contributed by atoms with Gasteiger partial charge in [0.25, 0.3) is 0 Å². The molecule has 3 N–H and O–H groups in total. The molecule has 0 aromatic carbocycles. The highest BCUT2D eigenvalue weighted by atomic mass is 35.5. The Morgan fingerprint density at radius 3 is 2.53 bits per heavy atom. The second-order valence-electron chi connectivity index (χ2n) is 4.70. The second-order valence-corrected chi connectivity index (χ2v) is 4.70. The van der Waals surface area contributed by atoms with Gasteiger partial charge in [0, 0.05) is 12.7 Å². The van der Waals surface area contributed by atoms with Crippen molar-refractivity contribution in [2.75, 3.05) is 6.54 Å². The predicted molar refractivity (Wildman–Crippen MR) is 80.5 cm³/mol. The van der Waals surface area contributed by atoms with E-state index in [1.165, 1.54) is 0 Å². The Kier molecular flexibility index (Phi) is 7.99. The molecular weight excluding hydrogens is 285 g/mol. The minimum atomic E-state index is -0.325. The van der Waals surface area contributed by atoms with Crippen LogP contribution in [0.5, 0.6) is 0 Å². The third kappa shape index (κ3) is 4.34. The van der Waals surface area contributed by atoms with E-state index in [0.717, 1.165) is 31.4 Å². The Hall–Kier alpha value is -0.840. The van der Waals surface area contributed by atoms with Crippen LogP contribution in [0.2, 0.25) is 0 Å². The van der Waals surface area contributed by atoms with E-state index in [2.05, 4.69) is 10.3 Å². The van der Waals surface area contributed by atoms with Crippen LogP contribution in [0.3, 0.4) is 0 Å². The normalized spacial score (nSPS) is 16.1. The van der Waals surface area contributed by atoms with E-state index in [4.69, 9.17) is 5.73 Å². The van der Waals surface area contributed by atoms with Crippen LogP contribution in [0.15, 0.2) is 24.4 Å². The smallest absolute Gasteiger partial charge is 0.227 e. The molecular formula is C13H21Cl2N3O. The predicted octanol–water partition coefficient (Wildman–Crippen LogP) is 2.06. The summed E-state index contributed by atoms with van der Waals surface area (Å²) in [5.41, 5.74) is 6.32. The summed E-state index contributed by atoms with van der Waals surface area (Å²) >= 11 is 0. The maximum Gasteiger partial charge on any atom is 0.227 e. The molecule has 1 aliphatic carbocycles. The Balaban J connectivity index is 0.00000162. The molecule has 4 nitrogen and oxygen atoms in total. The minimum absolute atomic E-state index is 0. The lowest BCUT2D eigenvalue weighted by atomic mass is 9.85. The zero-order valence-electron chi connectivity index (χ0n) is 10.8. The SMILES string of the molecule is Cl.Cl.NCC1(C(=O)NCc2ccccn2)CCCC1. The molecule has 6 heteroatoms. The van der Waals surface area contributed by atoms with Crippen molar-refractivity contribution >= 4 is 30.7 Å². The largest absolute Gasteiger partial charge is 0.350 e. The molecule has 1 saturated carbocycles. The summed E-state index contributed by atoms with van der Waals surface area (Å²) in [6, 6.07) is 5.69. The average molecular weight is 306 g/mol. The summed E-state index contributed by atoms with van der Waals surface area (Å²) in [5, 5.41) is 2.95. The summed E-state index contributed by atoms with van der Waals surface area (Å²) in [7, 11) is 0. The summed E-state index contributed by atoms with van der Waals surface area (Å²) in [6.45, 7) is 0.933. The zero-order valence-corrected chi connectivity index (χ0v) is 12.4. The molecule has 1 fully saturated rings. The fraction of sp³-hybridized carbons (Fsp3) is 0.538. The van der Waals surface area contributed by atoms with Crippen molar-refractivity contribution in [3.05, 3.63) is 30.1 Å². The van der Waals surface area contributed by atoms with Gasteiger partial charge in [0.2, 0.25) is 5.91 Å². The first-order valence-electron chi connectivity index (χ1n) is 6.15. The van der Waals surface area contributed by atoms with Crippen molar-refractivity contribution in [3.63, 3.8) is 0 Å². The zero-order chi connectivity index (χ0) is 12.1. The number of amides is 1. The molecule has 0 spiro atoms. The molecule has 108 valence electrons. The topological polar surface area (TPSA) is 68.0 Å². The summed E-state index contributed by atoms with van der Waals surface area (Å²) < 4.78 is 0. The first-order valence-corrected chi connectivity index (χ1v) is 6.15. The molecule has 0 saturated heterocycles. The van der Waals surface area contributed by atoms with E-state index in [1.54, 1.807) is 6.20 Å². The van der Waals surface area contributed by atoms with Crippen LogP contribution in [-0.4, -0.2) is 17.4 Å². The van der Waals surface area contributed by atoms with Crippen LogP contribution in [0, 0.1) is 5.41 Å². The van der Waals surface area contributed by atoms with Crippen LogP contribution in [0.25, 0.3) is 0 Å². The number of nitrogens with two attached hydrogens (primary N) is 1. The number of carbonyl (C=O) groups excluding carboxylic acids is 1. The number of hydrogen-bond donors (Lipinski definition) is 2. The summed E-state index contributed by atoms with van der Waals surface area (Å²) in [4.78, 5) is 16.3. The summed E-state index contributed by atoms with van der Waals surface area (Å²) in [6.07, 6.45) is 5.77. The van der Waals surface area contributed by atoms with Crippen LogP contribution < -0.4 is 11.1 Å². The van der Waals surface area contributed by atoms with E-state index in [0.29, 0.717) is 13.1 Å². The van der Waals surface area contributed by atoms with E-state index < -0.39 is 0 Å². The quantitative estimate of drug-likeness (QED) is 0.894. The van der Waals surface area contributed by atoms with Gasteiger partial charge in [-0.15, -0.1) is 24.8 Å². The van der Waals surface area contributed by atoms with Crippen LogP contribution >= 0.6 is 24.8 Å². The standard InChI is InChI=1S/C13H19N3O.2ClH/c14-10-13(6-2-3-7-13)12(17)16-9-11-5-1-4-8-15-11;;/h1,4-5,8H,2-3,6-7,9-10,14H2,(H,16,17);2*1H. The van der Waals surface area contributed by atoms with Gasteiger partial charge >= 0.3 is 0 Å². The van der Waals surface area contributed by atoms with Crippen LogP contribution in [0.4, 0.5) is 0 Å². The van der Waals surface area contributed by atoms with Crippen molar-refractivity contribution in [2.45, 2.75) is 32.2 Å². The Morgan fingerprint density at radius 2 is 2.00 bits per heavy atom. The molecule has 1 aliphatic rings. The Bertz CT molecular complexity index is 381. The molecule has 0 aliphatic heterocycles. The number of hydrogen-bond acceptors (Lipinski definition) is 3. The number of pyridine rings is 1. The highest BCUT2D eigenvalue weighted by Gasteiger charge is 2.39. The van der Waals surface area contributed by atoms with Crippen molar-refractivity contribution < 1.29 is 4.79 Å². The van der Waals surface area contributed by atoms with Gasteiger partial charge in [0.15, 0.2) is 0 Å². The highest BCUT2D eigenvalue weighted by molar-refractivity contribution is 5.85. The average Bonchev–Trinajstić information content (AvgIpc) is 2.87. The van der Waals surface area contributed by atoms with Crippen LogP contribution in [0.1, 0.15) is 31.4 Å². The number of rotatable bonds is 4. The number of aromatic nitrogens is 1. The van der Waals surface area contributed by atoms with Gasteiger partial charge in [-0.2, -0.15) is 0 Å². The molecule has 19 heavy (non-hydrogen) atoms. The molecule has 0 unspecified atom stereocenters. The lowest BCUT2D eigenvalue weighted by Gasteiger charge is -2.25. The van der Waals surface area contributed by atoms with Crippen molar-refractivity contribution in [3.8, 4) is 0 Å². The molecule has 1 amide bonds. The van der Waals surface area contributed by atoms with Crippen molar-refractivity contribution in [2.24, 2.45) is 11.1 Å². The van der Waals surface area contributed by atoms with Crippen molar-refractivity contribution in [1.82, 2.24) is 10.3 Å². The third-order valence-electron chi connectivity index (χ3n) is 3.59. The summed E-state index contributed by atoms with van der Waals surface area (Å²) in [5.74, 6) is 0.0863. The fourth-order valence-electron chi connectivity index (χ4n) is 2.44. The van der Waals surface area contributed by atoms with Gasteiger partial charge in [-0.25, -0.2) is 0 Å². The van der Waals surface area contributed by atoms with Gasteiger partial charge in [0.05, 0.1) is 17.7 Å². The van der Waals surface area contributed by atoms with Gasteiger partial charge < -0.3 is 11.1 Å². The lowest BCUT2D eigenvalue weighted by molar-refractivity contribution is -0.130. The maximum atomic E-state index is 12.2. The van der Waals surface area contributed by atoms with Gasteiger partial charge in [-0.05, 0) is 25.0 Å². The van der Waals surface area contributed by atoms with Crippen LogP contribution in [-0.2, 0) is 11.3 Å². The Labute approximate surface area is 126 Å². The molecule has 0 radical (unpaired) electrons. The van der Waals surface area contributed by atoms with E-state index >= 15 is 0 Å². The van der Waals surface area contributed by atoms with Gasteiger partial charge in [-0.3, -0.25) is 9.78 Å². The fourth-order valence-corrected chi connectivity index (χ4v) is 2.44.